The zero-order valence-electron chi connectivity index (χ0n) is 9.76. The third-order valence-electron chi connectivity index (χ3n) is 3.30. The first-order valence-corrected chi connectivity index (χ1v) is 6.61. The highest BCUT2D eigenvalue weighted by Crippen LogP contribution is 2.22. The molecule has 0 aromatic carbocycles. The van der Waals surface area contributed by atoms with Gasteiger partial charge in [0, 0.05) is 17.8 Å². The monoisotopic (exact) mass is 239 g/mol. The molecule has 0 bridgehead atoms. The SMILES string of the molecule is CCCCn1c2c(cc(CCl)c1=O)CCC2. The van der Waals surface area contributed by atoms with E-state index in [9.17, 15) is 4.79 Å². The predicted octanol–water partition coefficient (Wildman–Crippen LogP) is 2.88. The van der Waals surface area contributed by atoms with Crippen molar-refractivity contribution < 1.29 is 0 Å². The summed E-state index contributed by atoms with van der Waals surface area (Å²) in [6.07, 6.45) is 5.51. The Morgan fingerprint density at radius 1 is 1.44 bits per heavy atom. The van der Waals surface area contributed by atoms with Crippen LogP contribution in [0, 0.1) is 0 Å². The highest BCUT2D eigenvalue weighted by Gasteiger charge is 2.18. The summed E-state index contributed by atoms with van der Waals surface area (Å²) in [6.45, 7) is 3.00. The number of rotatable bonds is 4. The van der Waals surface area contributed by atoms with Crippen LogP contribution < -0.4 is 5.56 Å². The Kier molecular flexibility index (Phi) is 3.70. The van der Waals surface area contributed by atoms with Crippen LogP contribution in [0.5, 0.6) is 0 Å². The van der Waals surface area contributed by atoms with Gasteiger partial charge in [0.25, 0.3) is 5.56 Å². The van der Waals surface area contributed by atoms with E-state index in [1.807, 2.05) is 10.6 Å². The molecule has 0 N–H and O–H groups in total. The van der Waals surface area contributed by atoms with Crippen LogP contribution >= 0.6 is 11.6 Å². The lowest BCUT2D eigenvalue weighted by Gasteiger charge is -2.13. The lowest BCUT2D eigenvalue weighted by atomic mass is 10.1. The summed E-state index contributed by atoms with van der Waals surface area (Å²) in [4.78, 5) is 12.1. The van der Waals surface area contributed by atoms with E-state index in [1.54, 1.807) is 0 Å². The van der Waals surface area contributed by atoms with Crippen LogP contribution in [0.25, 0.3) is 0 Å². The first-order chi connectivity index (χ1) is 7.77. The fraction of sp³-hybridized carbons (Fsp3) is 0.615. The van der Waals surface area contributed by atoms with Crippen molar-refractivity contribution in [3.05, 3.63) is 33.2 Å². The molecule has 0 saturated heterocycles. The van der Waals surface area contributed by atoms with Gasteiger partial charge >= 0.3 is 0 Å². The van der Waals surface area contributed by atoms with Gasteiger partial charge in [0.2, 0.25) is 0 Å². The zero-order chi connectivity index (χ0) is 11.5. The maximum absolute atomic E-state index is 12.1. The first-order valence-electron chi connectivity index (χ1n) is 6.08. The lowest BCUT2D eigenvalue weighted by molar-refractivity contribution is 0.587. The number of alkyl halides is 1. The number of hydrogen-bond acceptors (Lipinski definition) is 1. The summed E-state index contributed by atoms with van der Waals surface area (Å²) < 4.78 is 1.96. The molecule has 3 heteroatoms. The topological polar surface area (TPSA) is 22.0 Å². The molecule has 1 aromatic rings. The van der Waals surface area contributed by atoms with Gasteiger partial charge in [-0.15, -0.1) is 11.6 Å². The quantitative estimate of drug-likeness (QED) is 0.741. The second kappa shape index (κ2) is 5.05. The third-order valence-corrected chi connectivity index (χ3v) is 3.59. The van der Waals surface area contributed by atoms with Gasteiger partial charge in [-0.2, -0.15) is 0 Å². The minimum absolute atomic E-state index is 0.129. The van der Waals surface area contributed by atoms with E-state index in [1.165, 1.54) is 17.7 Å². The molecular formula is C13H18ClNO. The Labute approximate surface area is 101 Å². The highest BCUT2D eigenvalue weighted by molar-refractivity contribution is 6.17. The summed E-state index contributed by atoms with van der Waals surface area (Å²) >= 11 is 5.83. The van der Waals surface area contributed by atoms with Crippen molar-refractivity contribution in [2.45, 2.75) is 51.5 Å². The molecule has 1 aliphatic rings. The molecule has 16 heavy (non-hydrogen) atoms. The number of unbranched alkanes of at least 4 members (excludes halogenated alkanes) is 1. The van der Waals surface area contributed by atoms with Crippen LogP contribution in [-0.2, 0) is 25.3 Å². The minimum atomic E-state index is 0.129. The van der Waals surface area contributed by atoms with Crippen molar-refractivity contribution in [3.63, 3.8) is 0 Å². The van der Waals surface area contributed by atoms with E-state index in [2.05, 4.69) is 6.92 Å². The van der Waals surface area contributed by atoms with Gasteiger partial charge in [0.1, 0.15) is 0 Å². The number of hydrogen-bond donors (Lipinski definition) is 0. The Morgan fingerprint density at radius 3 is 2.94 bits per heavy atom. The largest absolute Gasteiger partial charge is 0.312 e. The van der Waals surface area contributed by atoms with Gasteiger partial charge in [-0.1, -0.05) is 13.3 Å². The molecule has 1 aliphatic carbocycles. The van der Waals surface area contributed by atoms with Gasteiger partial charge in [-0.05, 0) is 37.3 Å². The summed E-state index contributed by atoms with van der Waals surface area (Å²) in [5.74, 6) is 0.332. The molecule has 1 aromatic heterocycles. The number of aryl methyl sites for hydroxylation is 1. The Balaban J connectivity index is 2.47. The van der Waals surface area contributed by atoms with Crippen LogP contribution in [0.1, 0.15) is 43.0 Å². The molecule has 0 amide bonds. The van der Waals surface area contributed by atoms with Gasteiger partial charge in [-0.25, -0.2) is 0 Å². The maximum atomic E-state index is 12.1. The maximum Gasteiger partial charge on any atom is 0.255 e. The van der Waals surface area contributed by atoms with Crippen molar-refractivity contribution in [1.82, 2.24) is 4.57 Å². The molecule has 0 radical (unpaired) electrons. The van der Waals surface area contributed by atoms with Crippen molar-refractivity contribution in [1.29, 1.82) is 0 Å². The van der Waals surface area contributed by atoms with E-state index in [0.717, 1.165) is 37.8 Å². The predicted molar refractivity (Wildman–Crippen MR) is 67.2 cm³/mol. The number of nitrogens with zero attached hydrogens (tertiary/aromatic N) is 1. The minimum Gasteiger partial charge on any atom is -0.312 e. The molecule has 0 fully saturated rings. The van der Waals surface area contributed by atoms with Gasteiger partial charge in [0.05, 0.1) is 5.88 Å². The number of aromatic nitrogens is 1. The van der Waals surface area contributed by atoms with Gasteiger partial charge in [-0.3, -0.25) is 4.79 Å². The number of halogens is 1. The molecular weight excluding hydrogens is 222 g/mol. The Hall–Kier alpha value is -0.760. The molecule has 0 unspecified atom stereocenters. The fourth-order valence-electron chi connectivity index (χ4n) is 2.43. The lowest BCUT2D eigenvalue weighted by Crippen LogP contribution is -2.26. The summed E-state index contributed by atoms with van der Waals surface area (Å²) in [7, 11) is 0. The average molecular weight is 240 g/mol. The summed E-state index contributed by atoms with van der Waals surface area (Å²) in [5, 5.41) is 0. The van der Waals surface area contributed by atoms with Crippen LogP contribution in [0.4, 0.5) is 0 Å². The second-order valence-electron chi connectivity index (χ2n) is 4.44. The van der Waals surface area contributed by atoms with Crippen molar-refractivity contribution in [3.8, 4) is 0 Å². The normalized spacial score (nSPS) is 14.1. The van der Waals surface area contributed by atoms with Crippen LogP contribution in [0.15, 0.2) is 10.9 Å². The smallest absolute Gasteiger partial charge is 0.255 e. The molecule has 0 saturated carbocycles. The van der Waals surface area contributed by atoms with E-state index >= 15 is 0 Å². The van der Waals surface area contributed by atoms with Gasteiger partial charge < -0.3 is 4.57 Å². The van der Waals surface area contributed by atoms with Crippen LogP contribution in [0.3, 0.4) is 0 Å². The van der Waals surface area contributed by atoms with Crippen molar-refractivity contribution in [2.75, 3.05) is 0 Å². The number of pyridine rings is 1. The molecule has 0 aliphatic heterocycles. The fourth-order valence-corrected chi connectivity index (χ4v) is 2.62. The Morgan fingerprint density at radius 2 is 2.25 bits per heavy atom. The van der Waals surface area contributed by atoms with Crippen LogP contribution in [0.2, 0.25) is 0 Å². The van der Waals surface area contributed by atoms with Crippen molar-refractivity contribution >= 4 is 11.6 Å². The third kappa shape index (κ3) is 2.03. The summed E-state index contributed by atoms with van der Waals surface area (Å²) in [6, 6.07) is 2.01. The summed E-state index contributed by atoms with van der Waals surface area (Å²) in [5.41, 5.74) is 3.49. The highest BCUT2D eigenvalue weighted by atomic mass is 35.5. The molecule has 2 nitrogen and oxygen atoms in total. The van der Waals surface area contributed by atoms with Crippen LogP contribution in [-0.4, -0.2) is 4.57 Å². The number of fused-ring (bicyclic) bond motifs is 1. The molecule has 0 spiro atoms. The molecule has 1 heterocycles. The zero-order valence-corrected chi connectivity index (χ0v) is 10.5. The first kappa shape index (κ1) is 11.7. The average Bonchev–Trinajstić information content (AvgIpc) is 2.75. The second-order valence-corrected chi connectivity index (χ2v) is 4.71. The van der Waals surface area contributed by atoms with Gasteiger partial charge in [0.15, 0.2) is 0 Å². The van der Waals surface area contributed by atoms with E-state index in [4.69, 9.17) is 11.6 Å². The standard InChI is InChI=1S/C13H18ClNO/c1-2-3-7-15-12-6-4-5-10(12)8-11(9-14)13(15)16/h8H,2-7,9H2,1H3. The molecule has 88 valence electrons. The van der Waals surface area contributed by atoms with E-state index in [0.29, 0.717) is 5.88 Å². The van der Waals surface area contributed by atoms with E-state index < -0.39 is 0 Å². The van der Waals surface area contributed by atoms with E-state index in [-0.39, 0.29) is 5.56 Å². The Bertz CT molecular complexity index is 436. The molecule has 0 atom stereocenters. The van der Waals surface area contributed by atoms with Crippen molar-refractivity contribution in [2.24, 2.45) is 0 Å². The molecule has 2 rings (SSSR count).